The second kappa shape index (κ2) is 4.87. The van der Waals surface area contributed by atoms with Crippen molar-refractivity contribution in [3.8, 4) is 0 Å². The maximum Gasteiger partial charge on any atom is 0.271 e. The van der Waals surface area contributed by atoms with Crippen LogP contribution in [0.5, 0.6) is 0 Å². The predicted molar refractivity (Wildman–Crippen MR) is 65.9 cm³/mol. The Kier molecular flexibility index (Phi) is 3.47. The van der Waals surface area contributed by atoms with Gasteiger partial charge in [-0.1, -0.05) is 0 Å². The first-order chi connectivity index (χ1) is 8.08. The second-order valence-electron chi connectivity index (χ2n) is 4.83. The standard InChI is InChI=1S/C12H20N4O/c1-9-13-8-11(14-9)12(17)16(3)10-4-6-15(2)7-5-10/h8,10H,4-7H2,1-3H3,(H,13,14). The minimum Gasteiger partial charge on any atom is -0.338 e. The number of aryl methyl sites for hydroxylation is 1. The fraction of sp³-hybridized carbons (Fsp3) is 0.667. The molecule has 1 N–H and O–H groups in total. The molecule has 5 heteroatoms. The number of imidazole rings is 1. The summed E-state index contributed by atoms with van der Waals surface area (Å²) < 4.78 is 0. The van der Waals surface area contributed by atoms with Gasteiger partial charge in [-0.25, -0.2) is 4.98 Å². The van der Waals surface area contributed by atoms with E-state index in [1.165, 1.54) is 0 Å². The Labute approximate surface area is 102 Å². The SMILES string of the molecule is Cc1ncc(C(=O)N(C)C2CCN(C)CC2)[nH]1. The third-order valence-corrected chi connectivity index (χ3v) is 3.49. The van der Waals surface area contributed by atoms with Crippen LogP contribution in [-0.2, 0) is 0 Å². The van der Waals surface area contributed by atoms with Crippen molar-refractivity contribution in [2.75, 3.05) is 27.2 Å². The third-order valence-electron chi connectivity index (χ3n) is 3.49. The molecule has 1 aromatic heterocycles. The molecule has 0 atom stereocenters. The highest BCUT2D eigenvalue weighted by Crippen LogP contribution is 2.16. The van der Waals surface area contributed by atoms with Crippen LogP contribution in [0.25, 0.3) is 0 Å². The molecule has 1 saturated heterocycles. The number of carbonyl (C=O) groups is 1. The van der Waals surface area contributed by atoms with Gasteiger partial charge in [0.1, 0.15) is 11.5 Å². The van der Waals surface area contributed by atoms with Crippen molar-refractivity contribution in [2.24, 2.45) is 0 Å². The first-order valence-electron chi connectivity index (χ1n) is 6.05. The number of likely N-dealkylation sites (tertiary alicyclic amines) is 1. The Morgan fingerprint density at radius 3 is 2.71 bits per heavy atom. The van der Waals surface area contributed by atoms with Gasteiger partial charge in [-0.15, -0.1) is 0 Å². The van der Waals surface area contributed by atoms with Crippen LogP contribution < -0.4 is 0 Å². The lowest BCUT2D eigenvalue weighted by Crippen LogP contribution is -2.44. The van der Waals surface area contributed by atoms with Gasteiger partial charge < -0.3 is 14.8 Å². The number of carbonyl (C=O) groups excluding carboxylic acids is 1. The summed E-state index contributed by atoms with van der Waals surface area (Å²) in [5, 5.41) is 0. The first kappa shape index (κ1) is 12.1. The minimum atomic E-state index is 0.0418. The van der Waals surface area contributed by atoms with Crippen molar-refractivity contribution >= 4 is 5.91 Å². The van der Waals surface area contributed by atoms with Crippen LogP contribution in [0.2, 0.25) is 0 Å². The van der Waals surface area contributed by atoms with E-state index in [-0.39, 0.29) is 5.91 Å². The molecular weight excluding hydrogens is 216 g/mol. The number of rotatable bonds is 2. The van der Waals surface area contributed by atoms with Gasteiger partial charge in [0.25, 0.3) is 5.91 Å². The van der Waals surface area contributed by atoms with Crippen molar-refractivity contribution in [1.29, 1.82) is 0 Å². The van der Waals surface area contributed by atoms with Crippen LogP contribution in [-0.4, -0.2) is 58.9 Å². The predicted octanol–water partition coefficient (Wildman–Crippen LogP) is 0.884. The molecule has 17 heavy (non-hydrogen) atoms. The zero-order valence-corrected chi connectivity index (χ0v) is 10.7. The van der Waals surface area contributed by atoms with Crippen LogP contribution in [0.15, 0.2) is 6.20 Å². The number of nitrogens with one attached hydrogen (secondary N) is 1. The number of hydrogen-bond acceptors (Lipinski definition) is 3. The van der Waals surface area contributed by atoms with Crippen molar-refractivity contribution < 1.29 is 4.79 Å². The van der Waals surface area contributed by atoms with E-state index in [9.17, 15) is 4.79 Å². The van der Waals surface area contributed by atoms with Gasteiger partial charge in [0, 0.05) is 13.1 Å². The highest BCUT2D eigenvalue weighted by atomic mass is 16.2. The fourth-order valence-corrected chi connectivity index (χ4v) is 2.27. The van der Waals surface area contributed by atoms with Crippen molar-refractivity contribution in [1.82, 2.24) is 19.8 Å². The molecule has 0 saturated carbocycles. The average molecular weight is 236 g/mol. The first-order valence-corrected chi connectivity index (χ1v) is 6.05. The van der Waals surface area contributed by atoms with Crippen LogP contribution in [0.3, 0.4) is 0 Å². The average Bonchev–Trinajstić information content (AvgIpc) is 2.75. The Hall–Kier alpha value is -1.36. The van der Waals surface area contributed by atoms with Crippen LogP contribution in [0.4, 0.5) is 0 Å². The largest absolute Gasteiger partial charge is 0.338 e. The number of H-pyrrole nitrogens is 1. The van der Waals surface area contributed by atoms with Crippen LogP contribution in [0.1, 0.15) is 29.2 Å². The molecule has 0 unspecified atom stereocenters. The summed E-state index contributed by atoms with van der Waals surface area (Å²) in [5.41, 5.74) is 0.587. The van der Waals surface area contributed by atoms with Gasteiger partial charge in [-0.2, -0.15) is 0 Å². The highest BCUT2D eigenvalue weighted by Gasteiger charge is 2.25. The monoisotopic (exact) mass is 236 g/mol. The molecule has 0 aromatic carbocycles. The minimum absolute atomic E-state index is 0.0418. The third kappa shape index (κ3) is 2.66. The summed E-state index contributed by atoms with van der Waals surface area (Å²) in [6.45, 7) is 3.97. The Balaban J connectivity index is 2.00. The summed E-state index contributed by atoms with van der Waals surface area (Å²) in [4.78, 5) is 23.4. The summed E-state index contributed by atoms with van der Waals surface area (Å²) >= 11 is 0. The lowest BCUT2D eigenvalue weighted by atomic mass is 10.0. The van der Waals surface area contributed by atoms with Gasteiger partial charge in [-0.3, -0.25) is 4.79 Å². The molecule has 1 aromatic rings. The van der Waals surface area contributed by atoms with Gasteiger partial charge in [-0.05, 0) is 39.9 Å². The summed E-state index contributed by atoms with van der Waals surface area (Å²) in [6.07, 6.45) is 3.71. The molecule has 2 heterocycles. The molecule has 0 aliphatic carbocycles. The topological polar surface area (TPSA) is 52.2 Å². The van der Waals surface area contributed by atoms with E-state index in [0.717, 1.165) is 31.8 Å². The van der Waals surface area contributed by atoms with Crippen molar-refractivity contribution in [3.63, 3.8) is 0 Å². The van der Waals surface area contributed by atoms with Crippen molar-refractivity contribution in [3.05, 3.63) is 17.7 Å². The summed E-state index contributed by atoms with van der Waals surface area (Å²) in [6, 6.07) is 0.349. The molecule has 1 fully saturated rings. The molecule has 1 amide bonds. The van der Waals surface area contributed by atoms with E-state index in [4.69, 9.17) is 0 Å². The van der Waals surface area contributed by atoms with Crippen LogP contribution in [0, 0.1) is 6.92 Å². The Morgan fingerprint density at radius 2 is 2.18 bits per heavy atom. The Bertz CT molecular complexity index is 393. The summed E-state index contributed by atoms with van der Waals surface area (Å²) in [5.74, 6) is 0.824. The van der Waals surface area contributed by atoms with E-state index >= 15 is 0 Å². The zero-order valence-electron chi connectivity index (χ0n) is 10.7. The maximum atomic E-state index is 12.2. The Morgan fingerprint density at radius 1 is 1.53 bits per heavy atom. The molecule has 0 bridgehead atoms. The molecule has 0 radical (unpaired) electrons. The molecule has 2 rings (SSSR count). The number of aromatic amines is 1. The molecule has 5 nitrogen and oxygen atoms in total. The van der Waals surface area contributed by atoms with E-state index in [1.54, 1.807) is 6.20 Å². The number of amides is 1. The van der Waals surface area contributed by atoms with Crippen molar-refractivity contribution in [2.45, 2.75) is 25.8 Å². The lowest BCUT2D eigenvalue weighted by Gasteiger charge is -2.34. The van der Waals surface area contributed by atoms with E-state index < -0.39 is 0 Å². The molecule has 1 aliphatic rings. The van der Waals surface area contributed by atoms with E-state index in [1.807, 2.05) is 18.9 Å². The number of aromatic nitrogens is 2. The molecule has 94 valence electrons. The molecular formula is C12H20N4O. The van der Waals surface area contributed by atoms with Gasteiger partial charge in [0.15, 0.2) is 0 Å². The zero-order chi connectivity index (χ0) is 12.4. The summed E-state index contributed by atoms with van der Waals surface area (Å²) in [7, 11) is 4.00. The number of piperidine rings is 1. The lowest BCUT2D eigenvalue weighted by molar-refractivity contribution is 0.0654. The highest BCUT2D eigenvalue weighted by molar-refractivity contribution is 5.92. The fourth-order valence-electron chi connectivity index (χ4n) is 2.27. The number of hydrogen-bond donors (Lipinski definition) is 1. The molecule has 1 aliphatic heterocycles. The van der Waals surface area contributed by atoms with E-state index in [2.05, 4.69) is 21.9 Å². The number of nitrogens with zero attached hydrogens (tertiary/aromatic N) is 3. The van der Waals surface area contributed by atoms with Gasteiger partial charge >= 0.3 is 0 Å². The van der Waals surface area contributed by atoms with Crippen LogP contribution >= 0.6 is 0 Å². The van der Waals surface area contributed by atoms with Gasteiger partial charge in [0.05, 0.1) is 6.20 Å². The van der Waals surface area contributed by atoms with Gasteiger partial charge in [0.2, 0.25) is 0 Å². The normalized spacial score (nSPS) is 18.3. The quantitative estimate of drug-likeness (QED) is 0.829. The van der Waals surface area contributed by atoms with E-state index in [0.29, 0.717) is 11.7 Å². The second-order valence-corrected chi connectivity index (χ2v) is 4.83. The maximum absolute atomic E-state index is 12.2. The smallest absolute Gasteiger partial charge is 0.271 e. The molecule has 0 spiro atoms.